The average molecular weight is 922 g/mol. The fourth-order valence-corrected chi connectivity index (χ4v) is 7.17. The van der Waals surface area contributed by atoms with Gasteiger partial charge in [-0.25, -0.2) is 4.98 Å². The molecule has 5 aromatic rings. The molecule has 0 aliphatic heterocycles. The molecule has 0 amide bonds. The van der Waals surface area contributed by atoms with Crippen LogP contribution in [0.5, 0.6) is 0 Å². The number of aliphatic hydroxyl groups excluding tert-OH is 1. The van der Waals surface area contributed by atoms with Gasteiger partial charge in [-0.1, -0.05) is 116 Å². The largest absolute Gasteiger partial charge is 0.512 e. The molecule has 3 aromatic carbocycles. The molecule has 9 heteroatoms. The molecule has 2 heterocycles. The first kappa shape index (κ1) is 44.0. The number of halogens is 3. The Bertz CT molecular complexity index is 2020. The SMILES string of the molecule is CC(C)(C)c1cc(-c2cc(-c3nc(CC(C)(C)C(F)(F)F)cs3)c3ccccc3n2)[c-]c2ccccc12.CCC(CC)C(=O)/C=C(\O)C(CC)CC.[Ir]. The molecule has 0 fully saturated rings. The summed E-state index contributed by atoms with van der Waals surface area (Å²) in [6.45, 7) is 17.1. The number of benzene rings is 3. The number of hydrogen-bond donors (Lipinski definition) is 1. The van der Waals surface area contributed by atoms with Crippen LogP contribution < -0.4 is 0 Å². The number of para-hydroxylation sites is 1. The second-order valence-electron chi connectivity index (χ2n) is 15.2. The standard InChI is InChI=1S/C31H28F3N2S.C13H24O2.Ir/c1-29(2,3)25-15-20(14-19-10-6-7-11-22(19)25)27-16-24(23-12-8-9-13-26(23)36-27)28-35-21(18-37-28)17-30(4,5)31(32,33)34;1-5-10(6-2)12(14)9-13(15)11(7-3)8-4;/h6-13,15-16,18H,17H2,1-5H3;9-11,14H,5-8H2,1-4H3;/q-1;;/b;12-9-;. The minimum Gasteiger partial charge on any atom is -0.512 e. The zero-order valence-corrected chi connectivity index (χ0v) is 35.5. The average Bonchev–Trinajstić information content (AvgIpc) is 3.55. The van der Waals surface area contributed by atoms with Crippen molar-refractivity contribution in [3.63, 3.8) is 0 Å². The van der Waals surface area contributed by atoms with Crippen molar-refractivity contribution in [2.75, 3.05) is 0 Å². The van der Waals surface area contributed by atoms with E-state index in [1.54, 1.807) is 5.38 Å². The van der Waals surface area contributed by atoms with Crippen molar-refractivity contribution in [1.82, 2.24) is 9.97 Å². The summed E-state index contributed by atoms with van der Waals surface area (Å²) in [6.07, 6.45) is 0.434. The summed E-state index contributed by atoms with van der Waals surface area (Å²) >= 11 is 1.37. The molecule has 0 saturated heterocycles. The molecule has 5 rings (SSSR count). The van der Waals surface area contributed by atoms with Crippen molar-refractivity contribution >= 4 is 38.8 Å². The molecule has 0 spiro atoms. The van der Waals surface area contributed by atoms with E-state index in [4.69, 9.17) is 4.98 Å². The van der Waals surface area contributed by atoms with Gasteiger partial charge >= 0.3 is 6.18 Å². The number of rotatable bonds is 11. The van der Waals surface area contributed by atoms with E-state index < -0.39 is 11.6 Å². The molecule has 0 aliphatic rings. The van der Waals surface area contributed by atoms with Crippen LogP contribution in [0.15, 0.2) is 77.9 Å². The van der Waals surface area contributed by atoms with Gasteiger partial charge in [0.05, 0.1) is 22.4 Å². The number of thiazole rings is 1. The number of aromatic nitrogens is 2. The first-order chi connectivity index (χ1) is 24.4. The summed E-state index contributed by atoms with van der Waals surface area (Å²) in [6, 6.07) is 23.7. The van der Waals surface area contributed by atoms with Gasteiger partial charge in [0.2, 0.25) is 0 Å². The van der Waals surface area contributed by atoms with Crippen LogP contribution in [0.1, 0.15) is 99.3 Å². The maximum absolute atomic E-state index is 13.5. The van der Waals surface area contributed by atoms with Gasteiger partial charge in [-0.15, -0.1) is 40.5 Å². The number of hydrogen-bond acceptors (Lipinski definition) is 5. The van der Waals surface area contributed by atoms with E-state index in [1.807, 2.05) is 70.2 Å². The van der Waals surface area contributed by atoms with Crippen LogP contribution in [-0.4, -0.2) is 27.0 Å². The molecule has 0 bridgehead atoms. The number of carbonyl (C=O) groups excluding carboxylic acids is 1. The van der Waals surface area contributed by atoms with Crippen molar-refractivity contribution in [3.8, 4) is 21.8 Å². The normalized spacial score (nSPS) is 12.6. The van der Waals surface area contributed by atoms with Crippen LogP contribution in [0, 0.1) is 23.3 Å². The second kappa shape index (κ2) is 18.3. The summed E-state index contributed by atoms with van der Waals surface area (Å²) in [5.41, 5.74) is 3.02. The molecule has 2 aromatic heterocycles. The van der Waals surface area contributed by atoms with Gasteiger partial charge in [0.1, 0.15) is 5.01 Å². The van der Waals surface area contributed by atoms with Gasteiger partial charge in [0, 0.05) is 66.5 Å². The Kier molecular flexibility index (Phi) is 15.2. The van der Waals surface area contributed by atoms with E-state index in [1.165, 1.54) is 36.8 Å². The number of fused-ring (bicyclic) bond motifs is 2. The molecule has 0 aliphatic carbocycles. The van der Waals surface area contributed by atoms with E-state index in [9.17, 15) is 23.1 Å². The van der Waals surface area contributed by atoms with E-state index in [2.05, 4.69) is 50.0 Å². The number of alkyl halides is 3. The summed E-state index contributed by atoms with van der Waals surface area (Å²) in [4.78, 5) is 21.3. The molecule has 287 valence electrons. The summed E-state index contributed by atoms with van der Waals surface area (Å²) in [5.74, 6) is 0.547. The Morgan fingerprint density at radius 2 is 1.43 bits per heavy atom. The maximum Gasteiger partial charge on any atom is 0.394 e. The predicted octanol–water partition coefficient (Wildman–Crippen LogP) is 13.3. The van der Waals surface area contributed by atoms with Crippen LogP contribution in [-0.2, 0) is 36.7 Å². The topological polar surface area (TPSA) is 63.1 Å². The summed E-state index contributed by atoms with van der Waals surface area (Å²) < 4.78 is 40.5. The third kappa shape index (κ3) is 10.6. The van der Waals surface area contributed by atoms with Crippen LogP contribution in [0.25, 0.3) is 43.5 Å². The number of ketones is 1. The Morgan fingerprint density at radius 1 is 0.849 bits per heavy atom. The summed E-state index contributed by atoms with van der Waals surface area (Å²) in [5, 5.41) is 15.3. The van der Waals surface area contributed by atoms with Gasteiger partial charge in [0.15, 0.2) is 5.78 Å². The summed E-state index contributed by atoms with van der Waals surface area (Å²) in [7, 11) is 0. The smallest absolute Gasteiger partial charge is 0.394 e. The number of allylic oxidation sites excluding steroid dienone is 2. The molecule has 0 atom stereocenters. The maximum atomic E-state index is 13.5. The molecule has 1 radical (unpaired) electrons. The molecule has 0 saturated carbocycles. The van der Waals surface area contributed by atoms with Gasteiger partial charge in [0.25, 0.3) is 0 Å². The predicted molar refractivity (Wildman–Crippen MR) is 211 cm³/mol. The Balaban J connectivity index is 0.000000403. The first-order valence-corrected chi connectivity index (χ1v) is 19.1. The van der Waals surface area contributed by atoms with Crippen molar-refractivity contribution < 1.29 is 43.2 Å². The fraction of sp³-hybridized carbons (Fsp3) is 0.432. The minimum absolute atomic E-state index is 0. The number of nitrogens with zero attached hydrogens (tertiary/aromatic N) is 2. The van der Waals surface area contributed by atoms with Crippen molar-refractivity contribution in [2.45, 2.75) is 106 Å². The molecular formula is C44H52F3IrN2O2S-. The van der Waals surface area contributed by atoms with Gasteiger partial charge in [-0.3, -0.25) is 9.78 Å². The Labute approximate surface area is 330 Å². The quantitative estimate of drug-likeness (QED) is 0.0814. The Morgan fingerprint density at radius 3 is 2.02 bits per heavy atom. The fourth-order valence-electron chi connectivity index (χ4n) is 6.32. The van der Waals surface area contributed by atoms with Crippen LogP contribution in [0.2, 0.25) is 0 Å². The Hall–Kier alpha value is -3.39. The molecule has 1 N–H and O–H groups in total. The molecule has 53 heavy (non-hydrogen) atoms. The van der Waals surface area contributed by atoms with Crippen LogP contribution in [0.3, 0.4) is 0 Å². The number of pyridine rings is 1. The van der Waals surface area contributed by atoms with E-state index in [0.29, 0.717) is 10.7 Å². The molecular weight excluding hydrogens is 870 g/mol. The molecule has 0 unspecified atom stereocenters. The number of carbonyl (C=O) groups is 1. The van der Waals surface area contributed by atoms with Crippen molar-refractivity contribution in [2.24, 2.45) is 17.3 Å². The van der Waals surface area contributed by atoms with Crippen LogP contribution in [0.4, 0.5) is 13.2 Å². The van der Waals surface area contributed by atoms with Crippen LogP contribution >= 0.6 is 11.3 Å². The van der Waals surface area contributed by atoms with Gasteiger partial charge in [-0.2, -0.15) is 13.2 Å². The first-order valence-electron chi connectivity index (χ1n) is 18.3. The van der Waals surface area contributed by atoms with Crippen molar-refractivity contribution in [3.05, 3.63) is 95.2 Å². The van der Waals surface area contributed by atoms with E-state index in [-0.39, 0.29) is 55.3 Å². The van der Waals surface area contributed by atoms with E-state index >= 15 is 0 Å². The zero-order chi connectivity index (χ0) is 38.4. The van der Waals surface area contributed by atoms with Crippen molar-refractivity contribution in [1.29, 1.82) is 0 Å². The minimum atomic E-state index is -4.30. The number of aliphatic hydroxyl groups is 1. The third-order valence-electron chi connectivity index (χ3n) is 9.83. The zero-order valence-electron chi connectivity index (χ0n) is 32.2. The third-order valence-corrected chi connectivity index (χ3v) is 10.8. The molecule has 4 nitrogen and oxygen atoms in total. The second-order valence-corrected chi connectivity index (χ2v) is 16.0. The van der Waals surface area contributed by atoms with Gasteiger partial charge < -0.3 is 5.11 Å². The monoisotopic (exact) mass is 922 g/mol. The van der Waals surface area contributed by atoms with E-state index in [0.717, 1.165) is 64.2 Å². The van der Waals surface area contributed by atoms with Gasteiger partial charge in [-0.05, 0) is 37.2 Å².